The van der Waals surface area contributed by atoms with E-state index in [2.05, 4.69) is 36.9 Å². The normalized spacial score (nSPS) is 25.2. The number of hydrogen-bond donors (Lipinski definition) is 1. The van der Waals surface area contributed by atoms with Crippen molar-refractivity contribution in [3.63, 3.8) is 0 Å². The second-order valence-corrected chi connectivity index (χ2v) is 14.8. The van der Waals surface area contributed by atoms with E-state index in [4.69, 9.17) is 20.2 Å². The van der Waals surface area contributed by atoms with Crippen LogP contribution in [-0.2, 0) is 20.7 Å². The minimum atomic E-state index is -1.03. The molecule has 0 fully saturated rings. The zero-order chi connectivity index (χ0) is 34.5. The number of hydrogen-bond acceptors (Lipinski definition) is 8. The van der Waals surface area contributed by atoms with Crippen LogP contribution < -0.4 is 15.2 Å². The number of nitrogens with two attached hydrogens (primary N) is 1. The number of likely N-dealkylation sites (N-methyl/N-ethyl adjacent to an activating group) is 2. The highest BCUT2D eigenvalue weighted by molar-refractivity contribution is 9.10. The Hall–Kier alpha value is -4.13. The topological polar surface area (TPSA) is 110 Å². The molecule has 250 valence electrons. The van der Waals surface area contributed by atoms with Gasteiger partial charge in [0, 0.05) is 47.0 Å². The van der Waals surface area contributed by atoms with Crippen LogP contribution in [0, 0.1) is 0 Å². The van der Waals surface area contributed by atoms with E-state index in [1.54, 1.807) is 19.0 Å². The van der Waals surface area contributed by atoms with E-state index in [0.717, 1.165) is 42.1 Å². The highest BCUT2D eigenvalue weighted by Crippen LogP contribution is 2.52. The van der Waals surface area contributed by atoms with Crippen LogP contribution in [0.4, 0.5) is 0 Å². The third-order valence-electron chi connectivity index (χ3n) is 9.34. The number of halogens is 2. The number of carbonyl (C=O) groups excluding carboxylic acids is 2. The second kappa shape index (κ2) is 13.0. The molecule has 0 saturated carbocycles. The van der Waals surface area contributed by atoms with Gasteiger partial charge in [-0.2, -0.15) is 0 Å². The third-order valence-corrected chi connectivity index (χ3v) is 11.1. The fraction of sp³-hybridized carbons (Fsp3) is 0.243. The lowest BCUT2D eigenvalue weighted by molar-refractivity contribution is -0.133. The first-order valence-corrected chi connectivity index (χ1v) is 18.5. The molecule has 4 aromatic carbocycles. The Bertz CT molecular complexity index is 2010. The van der Waals surface area contributed by atoms with Crippen LogP contribution in [0.5, 0.6) is 11.5 Å². The summed E-state index contributed by atoms with van der Waals surface area (Å²) in [6, 6.07) is 31.4. The predicted octanol–water partition coefficient (Wildman–Crippen LogP) is 7.31. The fourth-order valence-electron chi connectivity index (χ4n) is 6.86. The molecular formula is C37H33Br2N5O4S. The van der Waals surface area contributed by atoms with Crippen molar-refractivity contribution in [1.82, 2.24) is 9.80 Å². The molecule has 0 aromatic heterocycles. The number of guanidine groups is 1. The van der Waals surface area contributed by atoms with Crippen LogP contribution in [0.3, 0.4) is 0 Å². The first kappa shape index (κ1) is 33.4. The summed E-state index contributed by atoms with van der Waals surface area (Å²) >= 11 is 8.48. The molecular weight excluding hydrogens is 770 g/mol. The smallest absolute Gasteiger partial charge is 0.261 e. The number of nitrogens with zero attached hydrogens (tertiary/aromatic N) is 4. The van der Waals surface area contributed by atoms with Crippen LogP contribution in [-0.4, -0.2) is 53.1 Å². The Morgan fingerprint density at radius 3 is 1.57 bits per heavy atom. The van der Waals surface area contributed by atoms with Crippen molar-refractivity contribution < 1.29 is 19.1 Å². The maximum absolute atomic E-state index is 13.2. The van der Waals surface area contributed by atoms with Gasteiger partial charge < -0.3 is 15.2 Å². The van der Waals surface area contributed by atoms with Gasteiger partial charge in [-0.15, -0.1) is 0 Å². The van der Waals surface area contributed by atoms with Gasteiger partial charge in [0.05, 0.1) is 0 Å². The van der Waals surface area contributed by atoms with E-state index < -0.39 is 11.1 Å². The Morgan fingerprint density at radius 1 is 0.714 bits per heavy atom. The van der Waals surface area contributed by atoms with Gasteiger partial charge in [-0.25, -0.2) is 9.98 Å². The van der Waals surface area contributed by atoms with E-state index in [9.17, 15) is 9.59 Å². The van der Waals surface area contributed by atoms with Gasteiger partial charge >= 0.3 is 0 Å². The third kappa shape index (κ3) is 5.73. The lowest BCUT2D eigenvalue weighted by atomic mass is 9.80. The van der Waals surface area contributed by atoms with Crippen LogP contribution in [0.1, 0.15) is 47.3 Å². The number of amidine groups is 1. The first-order valence-electron chi connectivity index (χ1n) is 15.6. The number of amides is 2. The molecule has 8 rings (SSSR count). The van der Waals surface area contributed by atoms with Crippen molar-refractivity contribution in [1.29, 1.82) is 0 Å². The summed E-state index contributed by atoms with van der Waals surface area (Å²) in [7, 11) is 3.44. The molecule has 0 aliphatic carbocycles. The summed E-state index contributed by atoms with van der Waals surface area (Å²) in [6.45, 7) is 0. The molecule has 4 aliphatic rings. The Balaban J connectivity index is 0.000000154. The summed E-state index contributed by atoms with van der Waals surface area (Å²) < 4.78 is 14.2. The minimum Gasteiger partial charge on any atom is -0.485 e. The van der Waals surface area contributed by atoms with Gasteiger partial charge in [0.1, 0.15) is 23.7 Å². The lowest BCUT2D eigenvalue weighted by Gasteiger charge is -2.37. The van der Waals surface area contributed by atoms with E-state index >= 15 is 0 Å². The molecule has 4 aromatic rings. The zero-order valence-corrected chi connectivity index (χ0v) is 31.0. The number of benzene rings is 4. The average molecular weight is 804 g/mol. The van der Waals surface area contributed by atoms with Gasteiger partial charge in [-0.3, -0.25) is 19.4 Å². The second-order valence-electron chi connectivity index (χ2n) is 12.2. The Morgan fingerprint density at radius 2 is 1.16 bits per heavy atom. The van der Waals surface area contributed by atoms with E-state index in [1.165, 1.54) is 16.7 Å². The number of aliphatic imine (C=N–C) groups is 2. The average Bonchev–Trinajstić information content (AvgIpc) is 3.49. The van der Waals surface area contributed by atoms with Crippen molar-refractivity contribution in [2.75, 3.05) is 20.4 Å². The van der Waals surface area contributed by atoms with Crippen LogP contribution in [0.15, 0.2) is 116 Å². The largest absolute Gasteiger partial charge is 0.485 e. The maximum Gasteiger partial charge on any atom is 0.261 e. The molecule has 4 atom stereocenters. The van der Waals surface area contributed by atoms with Crippen LogP contribution in [0.2, 0.25) is 0 Å². The highest BCUT2D eigenvalue weighted by Gasteiger charge is 2.55. The SMILES string of the molecule is CN1C(=O)C2(CC(c3ccccc3)Oc3ccc(Br)cc32)N=C1N.CSC1=NC2(CC(c3ccccc3)Oc3ccc(Br)cc32)C(=O)N1C. The van der Waals surface area contributed by atoms with Gasteiger partial charge in [0.2, 0.25) is 0 Å². The molecule has 2 amide bonds. The number of ether oxygens (including phenoxy) is 2. The minimum absolute atomic E-state index is 0.000399. The van der Waals surface area contributed by atoms with Crippen LogP contribution in [0.25, 0.3) is 0 Å². The summed E-state index contributed by atoms with van der Waals surface area (Å²) in [4.78, 5) is 38.7. The number of carbonyl (C=O) groups is 2. The monoisotopic (exact) mass is 801 g/mol. The number of rotatable bonds is 2. The Labute approximate surface area is 305 Å². The molecule has 0 radical (unpaired) electrons. The molecule has 4 aliphatic heterocycles. The molecule has 0 saturated heterocycles. The predicted molar refractivity (Wildman–Crippen MR) is 199 cm³/mol. The quantitative estimate of drug-likeness (QED) is 0.228. The van der Waals surface area contributed by atoms with Crippen molar-refractivity contribution >= 4 is 66.6 Å². The summed E-state index contributed by atoms with van der Waals surface area (Å²) in [5.74, 6) is 1.50. The van der Waals surface area contributed by atoms with Gasteiger partial charge in [-0.05, 0) is 53.8 Å². The van der Waals surface area contributed by atoms with E-state index in [0.29, 0.717) is 18.6 Å². The van der Waals surface area contributed by atoms with Crippen molar-refractivity contribution in [3.05, 3.63) is 128 Å². The number of thioether (sulfide) groups is 1. The van der Waals surface area contributed by atoms with Gasteiger partial charge in [-0.1, -0.05) is 104 Å². The molecule has 49 heavy (non-hydrogen) atoms. The summed E-state index contributed by atoms with van der Waals surface area (Å²) in [5, 5.41) is 0.740. The summed E-state index contributed by atoms with van der Waals surface area (Å²) in [6.07, 6.45) is 2.39. The number of fused-ring (bicyclic) bond motifs is 4. The molecule has 9 nitrogen and oxygen atoms in total. The zero-order valence-electron chi connectivity index (χ0n) is 27.0. The van der Waals surface area contributed by atoms with Crippen molar-refractivity contribution in [2.45, 2.75) is 36.1 Å². The first-order chi connectivity index (χ1) is 23.6. The maximum atomic E-state index is 13.2. The van der Waals surface area contributed by atoms with E-state index in [1.807, 2.05) is 103 Å². The van der Waals surface area contributed by atoms with Crippen molar-refractivity contribution in [2.24, 2.45) is 15.7 Å². The fourth-order valence-corrected chi connectivity index (χ4v) is 8.19. The van der Waals surface area contributed by atoms with Gasteiger partial charge in [0.15, 0.2) is 22.2 Å². The Kier molecular flexibility index (Phi) is 8.83. The molecule has 4 heterocycles. The standard InChI is InChI=1S/C19H17BrN2O2S.C18H16BrN3O2/c1-22-17(23)19(21-18(22)25-2)11-16(12-6-4-3-5-7-12)24-15-9-8-13(20)10-14(15)19;1-22-16(23)18(21-17(22)20)10-15(11-5-3-2-4-6-11)24-14-8-7-12(19)9-13(14)18/h3-10,16H,11H2,1-2H3;2-9,15H,10H2,1H3,(H2,20,21). The van der Waals surface area contributed by atoms with Gasteiger partial charge in [0.25, 0.3) is 11.8 Å². The lowest BCUT2D eigenvalue weighted by Crippen LogP contribution is -2.43. The molecule has 2 N–H and O–H groups in total. The molecule has 4 unspecified atom stereocenters. The molecule has 2 spiro atoms. The molecule has 12 heteroatoms. The van der Waals surface area contributed by atoms with Crippen molar-refractivity contribution in [3.8, 4) is 11.5 Å². The summed E-state index contributed by atoms with van der Waals surface area (Å²) in [5.41, 5.74) is 7.65. The highest BCUT2D eigenvalue weighted by atomic mass is 79.9. The van der Waals surface area contributed by atoms with E-state index in [-0.39, 0.29) is 30.0 Å². The molecule has 0 bridgehead atoms. The van der Waals surface area contributed by atoms with Crippen LogP contribution >= 0.6 is 43.6 Å².